The molecule has 5 nitrogen and oxygen atoms in total. The van der Waals surface area contributed by atoms with Crippen LogP contribution in [-0.4, -0.2) is 24.0 Å². The van der Waals surface area contributed by atoms with Gasteiger partial charge in [-0.3, -0.25) is 4.98 Å². The number of rotatable bonds is 7. The van der Waals surface area contributed by atoms with Crippen molar-refractivity contribution in [2.45, 2.75) is 24.5 Å². The molecule has 1 aromatic heterocycles. The molecule has 0 amide bonds. The summed E-state index contributed by atoms with van der Waals surface area (Å²) in [5, 5.41) is 0.870. The molecule has 2 aromatic carbocycles. The number of anilines is 1. The highest BCUT2D eigenvalue weighted by atomic mass is 32.2. The van der Waals surface area contributed by atoms with Gasteiger partial charge in [-0.25, -0.2) is 0 Å². The van der Waals surface area contributed by atoms with E-state index in [1.54, 1.807) is 32.4 Å². The zero-order valence-electron chi connectivity index (χ0n) is 15.6. The molecule has 1 N–H and O–H groups in total. The van der Waals surface area contributed by atoms with Crippen molar-refractivity contribution in [3.8, 4) is 23.0 Å². The first kappa shape index (κ1) is 17.8. The van der Waals surface area contributed by atoms with Gasteiger partial charge in [0.05, 0.1) is 19.7 Å². The van der Waals surface area contributed by atoms with Gasteiger partial charge in [-0.15, -0.1) is 0 Å². The molecule has 140 valence electrons. The highest BCUT2D eigenvalue weighted by Gasteiger charge is 2.38. The maximum Gasteiger partial charge on any atom is 0.162 e. The topological polar surface area (TPSA) is 52.6 Å². The Morgan fingerprint density at radius 2 is 1.67 bits per heavy atom. The minimum Gasteiger partial charge on any atom is -0.493 e. The van der Waals surface area contributed by atoms with Crippen LogP contribution < -0.4 is 18.9 Å². The van der Waals surface area contributed by atoms with Gasteiger partial charge in [0, 0.05) is 28.1 Å². The molecule has 27 heavy (non-hydrogen) atoms. The molecule has 6 heteroatoms. The molecule has 0 spiro atoms. The van der Waals surface area contributed by atoms with Gasteiger partial charge in [-0.05, 0) is 68.1 Å². The van der Waals surface area contributed by atoms with Gasteiger partial charge >= 0.3 is 0 Å². The van der Waals surface area contributed by atoms with E-state index in [1.807, 2.05) is 42.5 Å². The monoisotopic (exact) mass is 382 g/mol. The van der Waals surface area contributed by atoms with Crippen molar-refractivity contribution in [3.63, 3.8) is 0 Å². The van der Waals surface area contributed by atoms with Crippen molar-refractivity contribution < 1.29 is 14.2 Å². The second-order valence-electron chi connectivity index (χ2n) is 6.81. The highest BCUT2D eigenvalue weighted by Crippen LogP contribution is 2.47. The SMILES string of the molecule is COc1cc2nccc(Oc3ccc(NSC4(C)CC4)cc3)c2cc1OC. The van der Waals surface area contributed by atoms with Crippen LogP contribution in [0.3, 0.4) is 0 Å². The van der Waals surface area contributed by atoms with Gasteiger partial charge < -0.3 is 18.9 Å². The second kappa shape index (κ2) is 7.19. The maximum absolute atomic E-state index is 6.11. The molecule has 0 atom stereocenters. The Morgan fingerprint density at radius 1 is 0.963 bits per heavy atom. The minimum atomic E-state index is 0.394. The lowest BCUT2D eigenvalue weighted by Crippen LogP contribution is -1.99. The van der Waals surface area contributed by atoms with Crippen molar-refractivity contribution >= 4 is 28.5 Å². The van der Waals surface area contributed by atoms with Crippen molar-refractivity contribution in [2.75, 3.05) is 18.9 Å². The summed E-state index contributed by atoms with van der Waals surface area (Å²) in [5.74, 6) is 2.78. The third-order valence-corrected chi connectivity index (χ3v) is 5.90. The number of benzene rings is 2. The Bertz CT molecular complexity index is 956. The van der Waals surface area contributed by atoms with E-state index in [0.29, 0.717) is 16.2 Å². The number of nitrogens with zero attached hydrogens (tertiary/aromatic N) is 1. The Labute approximate surface area is 163 Å². The maximum atomic E-state index is 6.11. The van der Waals surface area contributed by atoms with Gasteiger partial charge in [0.15, 0.2) is 11.5 Å². The molecule has 0 bridgehead atoms. The average Bonchev–Trinajstić information content (AvgIpc) is 3.44. The van der Waals surface area contributed by atoms with Gasteiger partial charge in [0.1, 0.15) is 11.5 Å². The fourth-order valence-electron chi connectivity index (χ4n) is 2.71. The zero-order valence-corrected chi connectivity index (χ0v) is 16.4. The summed E-state index contributed by atoms with van der Waals surface area (Å²) < 4.78 is 20.7. The third-order valence-electron chi connectivity index (χ3n) is 4.66. The first-order valence-corrected chi connectivity index (χ1v) is 9.64. The Balaban J connectivity index is 1.55. The molecule has 1 saturated carbocycles. The molecule has 0 unspecified atom stereocenters. The van der Waals surface area contributed by atoms with Crippen LogP contribution in [0.15, 0.2) is 48.7 Å². The van der Waals surface area contributed by atoms with Crippen LogP contribution in [0.4, 0.5) is 5.69 Å². The van der Waals surface area contributed by atoms with Crippen LogP contribution in [0.5, 0.6) is 23.0 Å². The molecule has 0 saturated heterocycles. The van der Waals surface area contributed by atoms with Gasteiger partial charge in [-0.1, -0.05) is 0 Å². The third kappa shape index (κ3) is 3.90. The number of ether oxygens (including phenoxy) is 3. The lowest BCUT2D eigenvalue weighted by molar-refractivity contribution is 0.355. The van der Waals surface area contributed by atoms with Crippen LogP contribution >= 0.6 is 11.9 Å². The molecule has 1 fully saturated rings. The number of pyridine rings is 1. The van der Waals surface area contributed by atoms with E-state index >= 15 is 0 Å². The highest BCUT2D eigenvalue weighted by molar-refractivity contribution is 8.02. The van der Waals surface area contributed by atoms with E-state index in [2.05, 4.69) is 16.6 Å². The number of nitrogens with one attached hydrogen (secondary N) is 1. The molecule has 1 aliphatic rings. The summed E-state index contributed by atoms with van der Waals surface area (Å²) in [7, 11) is 3.23. The molecule has 4 rings (SSSR count). The summed E-state index contributed by atoms with van der Waals surface area (Å²) in [6.45, 7) is 2.28. The van der Waals surface area contributed by atoms with Crippen LogP contribution in [0.25, 0.3) is 10.9 Å². The quantitative estimate of drug-likeness (QED) is 0.532. The largest absolute Gasteiger partial charge is 0.493 e. The fourth-order valence-corrected chi connectivity index (χ4v) is 3.52. The van der Waals surface area contributed by atoms with E-state index in [9.17, 15) is 0 Å². The summed E-state index contributed by atoms with van der Waals surface area (Å²) in [5.41, 5.74) is 1.86. The minimum absolute atomic E-state index is 0.394. The van der Waals surface area contributed by atoms with Crippen LogP contribution in [-0.2, 0) is 0 Å². The fraction of sp³-hybridized carbons (Fsp3) is 0.286. The van der Waals surface area contributed by atoms with Gasteiger partial charge in [0.25, 0.3) is 0 Å². The summed E-state index contributed by atoms with van der Waals surface area (Å²) >= 11 is 1.79. The smallest absolute Gasteiger partial charge is 0.162 e. The Kier molecular flexibility index (Phi) is 4.74. The van der Waals surface area contributed by atoms with Crippen LogP contribution in [0, 0.1) is 0 Å². The van der Waals surface area contributed by atoms with E-state index in [-0.39, 0.29) is 0 Å². The van der Waals surface area contributed by atoms with E-state index in [0.717, 1.165) is 28.1 Å². The van der Waals surface area contributed by atoms with Crippen molar-refractivity contribution in [2.24, 2.45) is 0 Å². The van der Waals surface area contributed by atoms with Gasteiger partial charge in [0.2, 0.25) is 0 Å². The Hall–Kier alpha value is -2.60. The zero-order chi connectivity index (χ0) is 18.9. The average molecular weight is 382 g/mol. The normalized spacial score (nSPS) is 14.6. The summed E-state index contributed by atoms with van der Waals surface area (Å²) in [6.07, 6.45) is 4.27. The number of hydrogen-bond donors (Lipinski definition) is 1. The standard InChI is InChI=1S/C21H22N2O3S/c1-21(9-10-21)27-23-14-4-6-15(7-5-14)26-18-8-11-22-17-13-20(25-3)19(24-2)12-16(17)18/h4-8,11-13,23H,9-10H2,1-3H3. The molecule has 1 heterocycles. The van der Waals surface area contributed by atoms with E-state index < -0.39 is 0 Å². The Morgan fingerprint density at radius 3 is 2.33 bits per heavy atom. The lowest BCUT2D eigenvalue weighted by Gasteiger charge is -2.13. The number of fused-ring (bicyclic) bond motifs is 1. The molecular weight excluding hydrogens is 360 g/mol. The molecule has 3 aromatic rings. The molecule has 0 aliphatic heterocycles. The predicted octanol–water partition coefficient (Wildman–Crippen LogP) is 5.66. The first-order chi connectivity index (χ1) is 13.1. The number of hydrogen-bond acceptors (Lipinski definition) is 6. The number of aromatic nitrogens is 1. The summed E-state index contributed by atoms with van der Waals surface area (Å²) in [6, 6.07) is 13.6. The van der Waals surface area contributed by atoms with Crippen molar-refractivity contribution in [1.29, 1.82) is 0 Å². The van der Waals surface area contributed by atoms with Crippen LogP contribution in [0.1, 0.15) is 19.8 Å². The number of methoxy groups -OCH3 is 2. The lowest BCUT2D eigenvalue weighted by atomic mass is 10.2. The van der Waals surface area contributed by atoms with Crippen molar-refractivity contribution in [1.82, 2.24) is 4.98 Å². The predicted molar refractivity (Wildman–Crippen MR) is 110 cm³/mol. The molecule has 0 radical (unpaired) electrons. The molecular formula is C21H22N2O3S. The second-order valence-corrected chi connectivity index (χ2v) is 8.21. The van der Waals surface area contributed by atoms with Gasteiger partial charge in [-0.2, -0.15) is 0 Å². The summed E-state index contributed by atoms with van der Waals surface area (Å²) in [4.78, 5) is 4.41. The van der Waals surface area contributed by atoms with E-state index in [4.69, 9.17) is 14.2 Å². The first-order valence-electron chi connectivity index (χ1n) is 8.83. The van der Waals surface area contributed by atoms with Crippen molar-refractivity contribution in [3.05, 3.63) is 48.7 Å². The van der Waals surface area contributed by atoms with Crippen LogP contribution in [0.2, 0.25) is 0 Å². The molecule has 1 aliphatic carbocycles. The van der Waals surface area contributed by atoms with E-state index in [1.165, 1.54) is 12.8 Å².